The van der Waals surface area contributed by atoms with Crippen molar-refractivity contribution in [1.82, 2.24) is 14.8 Å². The summed E-state index contributed by atoms with van der Waals surface area (Å²) in [6.45, 7) is 6.75. The molecule has 8 nitrogen and oxygen atoms in total. The van der Waals surface area contributed by atoms with Crippen LogP contribution in [0.4, 0.5) is 25.4 Å². The molecule has 1 aliphatic rings. The number of nitrogens with zero attached hydrogens (tertiary/aromatic N) is 3. The van der Waals surface area contributed by atoms with Crippen LogP contribution in [0.5, 0.6) is 0 Å². The molecule has 1 saturated heterocycles. The van der Waals surface area contributed by atoms with Crippen molar-refractivity contribution in [2.75, 3.05) is 23.7 Å². The van der Waals surface area contributed by atoms with Crippen LogP contribution in [0.3, 0.4) is 0 Å². The number of hydrogen-bond acceptors (Lipinski definition) is 4. The Kier molecular flexibility index (Phi) is 6.51. The lowest BCUT2D eigenvalue weighted by Crippen LogP contribution is -2.57. The molecule has 3 rings (SSSR count). The number of piperazine rings is 1. The largest absolute Gasteiger partial charge is 0.465 e. The fourth-order valence-corrected chi connectivity index (χ4v) is 3.65. The van der Waals surface area contributed by atoms with Gasteiger partial charge in [0, 0.05) is 43.0 Å². The molecule has 0 aliphatic carbocycles. The maximum Gasteiger partial charge on any atom is 0.407 e. The van der Waals surface area contributed by atoms with Gasteiger partial charge in [-0.3, -0.25) is 9.88 Å². The molecule has 3 N–H and O–H groups in total. The van der Waals surface area contributed by atoms with Crippen LogP contribution in [0.1, 0.15) is 25.1 Å². The highest BCUT2D eigenvalue weighted by atomic mass is 19.1. The lowest BCUT2D eigenvalue weighted by Gasteiger charge is -2.43. The van der Waals surface area contributed by atoms with Gasteiger partial charge in [-0.25, -0.2) is 14.0 Å². The topological polar surface area (TPSA) is 97.8 Å². The molecule has 1 aliphatic heterocycles. The standard InChI is InChI=1S/C21H26FN5O3/c1-13-7-8-17(9-23-13)24-20(28)25-18-6-4-5-16(19(18)22)12-27-14(2)10-26(21(29)30)11-15(27)3/h4-9,14-15H,10-12H2,1-3H3,(H,29,30)(H2,24,25,28)/t14-,15+. The van der Waals surface area contributed by atoms with Gasteiger partial charge in [0.2, 0.25) is 0 Å². The number of halogens is 1. The first-order chi connectivity index (χ1) is 14.2. The quantitative estimate of drug-likeness (QED) is 0.707. The molecule has 2 aromatic rings. The Morgan fingerprint density at radius 3 is 2.47 bits per heavy atom. The van der Waals surface area contributed by atoms with Gasteiger partial charge in [-0.2, -0.15) is 0 Å². The summed E-state index contributed by atoms with van der Waals surface area (Å²) in [7, 11) is 0. The average molecular weight is 415 g/mol. The Bertz CT molecular complexity index is 909. The zero-order valence-corrected chi connectivity index (χ0v) is 17.2. The summed E-state index contributed by atoms with van der Waals surface area (Å²) in [6, 6.07) is 7.67. The number of aryl methyl sites for hydroxylation is 1. The molecule has 0 unspecified atom stereocenters. The Balaban J connectivity index is 1.68. The van der Waals surface area contributed by atoms with E-state index >= 15 is 4.39 Å². The van der Waals surface area contributed by atoms with Crippen LogP contribution < -0.4 is 10.6 Å². The van der Waals surface area contributed by atoms with Gasteiger partial charge in [0.15, 0.2) is 5.82 Å². The van der Waals surface area contributed by atoms with Crippen LogP contribution in [-0.4, -0.2) is 57.2 Å². The molecule has 9 heteroatoms. The molecule has 1 aromatic carbocycles. The van der Waals surface area contributed by atoms with Crippen molar-refractivity contribution in [3.05, 3.63) is 53.6 Å². The Morgan fingerprint density at radius 1 is 1.17 bits per heavy atom. The minimum Gasteiger partial charge on any atom is -0.465 e. The van der Waals surface area contributed by atoms with Crippen LogP contribution in [0.2, 0.25) is 0 Å². The number of carbonyl (C=O) groups excluding carboxylic acids is 1. The summed E-state index contributed by atoms with van der Waals surface area (Å²) in [5, 5.41) is 14.4. The van der Waals surface area contributed by atoms with Crippen LogP contribution in [0.25, 0.3) is 0 Å². The van der Waals surface area contributed by atoms with E-state index in [1.54, 1.807) is 24.3 Å². The van der Waals surface area contributed by atoms with Gasteiger partial charge in [0.1, 0.15) is 0 Å². The second-order valence-electron chi connectivity index (χ2n) is 7.60. The normalized spacial score (nSPS) is 19.4. The lowest BCUT2D eigenvalue weighted by molar-refractivity contribution is 0.0344. The van der Waals surface area contributed by atoms with Crippen molar-refractivity contribution in [1.29, 1.82) is 0 Å². The van der Waals surface area contributed by atoms with E-state index in [0.717, 1.165) is 5.69 Å². The molecule has 1 aromatic heterocycles. The Morgan fingerprint density at radius 2 is 1.87 bits per heavy atom. The lowest BCUT2D eigenvalue weighted by atomic mass is 10.1. The van der Waals surface area contributed by atoms with Crippen LogP contribution in [0, 0.1) is 12.7 Å². The van der Waals surface area contributed by atoms with Gasteiger partial charge in [0.25, 0.3) is 0 Å². The maximum atomic E-state index is 15.1. The van der Waals surface area contributed by atoms with Gasteiger partial charge in [-0.1, -0.05) is 12.1 Å². The van der Waals surface area contributed by atoms with Crippen LogP contribution >= 0.6 is 0 Å². The predicted octanol–water partition coefficient (Wildman–Crippen LogP) is 3.75. The van der Waals surface area contributed by atoms with Crippen molar-refractivity contribution in [3.8, 4) is 0 Å². The highest BCUT2D eigenvalue weighted by Crippen LogP contribution is 2.24. The van der Waals surface area contributed by atoms with E-state index in [2.05, 4.69) is 20.5 Å². The highest BCUT2D eigenvalue weighted by molar-refractivity contribution is 5.99. The van der Waals surface area contributed by atoms with E-state index in [1.165, 1.54) is 17.2 Å². The van der Waals surface area contributed by atoms with Crippen molar-refractivity contribution in [2.45, 2.75) is 39.4 Å². The van der Waals surface area contributed by atoms with Gasteiger partial charge in [-0.15, -0.1) is 0 Å². The first kappa shape index (κ1) is 21.5. The van der Waals surface area contributed by atoms with E-state index in [4.69, 9.17) is 0 Å². The van der Waals surface area contributed by atoms with Gasteiger partial charge in [-0.05, 0) is 39.0 Å². The van der Waals surface area contributed by atoms with Crippen LogP contribution in [0.15, 0.2) is 36.5 Å². The SMILES string of the molecule is Cc1ccc(NC(=O)Nc2cccc(CN3[C@H](C)CN(C(=O)O)C[C@@H]3C)c2F)cn1. The number of nitrogens with one attached hydrogen (secondary N) is 2. The van der Waals surface area contributed by atoms with Crippen molar-refractivity contribution >= 4 is 23.5 Å². The minimum atomic E-state index is -0.944. The fourth-order valence-electron chi connectivity index (χ4n) is 3.65. The van der Waals surface area contributed by atoms with Gasteiger partial charge in [0.05, 0.1) is 17.6 Å². The molecule has 0 spiro atoms. The molecular weight excluding hydrogens is 389 g/mol. The molecule has 0 bridgehead atoms. The number of hydrogen-bond donors (Lipinski definition) is 3. The summed E-state index contributed by atoms with van der Waals surface area (Å²) in [5.74, 6) is -0.505. The molecule has 0 saturated carbocycles. The molecular formula is C21H26FN5O3. The summed E-state index contributed by atoms with van der Waals surface area (Å²) in [4.78, 5) is 31.0. The second kappa shape index (κ2) is 9.08. The summed E-state index contributed by atoms with van der Waals surface area (Å²) < 4.78 is 15.1. The molecule has 30 heavy (non-hydrogen) atoms. The Hall–Kier alpha value is -3.20. The first-order valence-corrected chi connectivity index (χ1v) is 9.76. The smallest absolute Gasteiger partial charge is 0.407 e. The van der Waals surface area contributed by atoms with E-state index in [-0.39, 0.29) is 17.8 Å². The molecule has 1 fully saturated rings. The number of amides is 3. The summed E-state index contributed by atoms with van der Waals surface area (Å²) >= 11 is 0. The third kappa shape index (κ3) is 5.04. The van der Waals surface area contributed by atoms with Gasteiger partial charge < -0.3 is 20.6 Å². The molecule has 2 heterocycles. The van der Waals surface area contributed by atoms with Crippen LogP contribution in [-0.2, 0) is 6.54 Å². The highest BCUT2D eigenvalue weighted by Gasteiger charge is 2.32. The van der Waals surface area contributed by atoms with Crippen molar-refractivity contribution in [2.24, 2.45) is 0 Å². The number of rotatable bonds is 4. The third-order valence-corrected chi connectivity index (χ3v) is 5.22. The maximum absolute atomic E-state index is 15.1. The van der Waals surface area contributed by atoms with E-state index in [9.17, 15) is 14.7 Å². The number of benzene rings is 1. The molecule has 0 radical (unpaired) electrons. The van der Waals surface area contributed by atoms with E-state index in [0.29, 0.717) is 30.9 Å². The monoisotopic (exact) mass is 415 g/mol. The fraction of sp³-hybridized carbons (Fsp3) is 0.381. The Labute approximate surface area is 174 Å². The second-order valence-corrected chi connectivity index (χ2v) is 7.60. The number of urea groups is 1. The summed E-state index contributed by atoms with van der Waals surface area (Å²) in [5.41, 5.74) is 1.85. The van der Waals surface area contributed by atoms with E-state index < -0.39 is 17.9 Å². The van der Waals surface area contributed by atoms with Crippen molar-refractivity contribution < 1.29 is 19.1 Å². The molecule has 160 valence electrons. The van der Waals surface area contributed by atoms with Crippen molar-refractivity contribution in [3.63, 3.8) is 0 Å². The average Bonchev–Trinajstić information content (AvgIpc) is 2.69. The zero-order chi connectivity index (χ0) is 21.8. The number of carbonyl (C=O) groups is 2. The zero-order valence-electron chi connectivity index (χ0n) is 17.2. The number of aromatic nitrogens is 1. The van der Waals surface area contributed by atoms with E-state index in [1.807, 2.05) is 20.8 Å². The number of anilines is 2. The predicted molar refractivity (Wildman–Crippen MR) is 112 cm³/mol. The first-order valence-electron chi connectivity index (χ1n) is 9.76. The number of carboxylic acid groups (broad SMARTS) is 1. The minimum absolute atomic E-state index is 0.0572. The van der Waals surface area contributed by atoms with Gasteiger partial charge >= 0.3 is 12.1 Å². The molecule has 2 atom stereocenters. The summed E-state index contributed by atoms with van der Waals surface area (Å²) in [6.07, 6.45) is 0.585. The number of pyridine rings is 1. The molecule has 3 amide bonds. The third-order valence-electron chi connectivity index (χ3n) is 5.22.